The molecule has 19 nitrogen and oxygen atoms in total. The van der Waals surface area contributed by atoms with E-state index in [1.54, 1.807) is 6.08 Å². The van der Waals surface area contributed by atoms with E-state index in [9.17, 15) is 61.0 Å². The summed E-state index contributed by atoms with van der Waals surface area (Å²) in [5.74, 6) is -0.280. The van der Waals surface area contributed by atoms with Gasteiger partial charge in [0, 0.05) is 6.42 Å². The van der Waals surface area contributed by atoms with Crippen molar-refractivity contribution in [1.82, 2.24) is 5.32 Å². The van der Waals surface area contributed by atoms with Crippen molar-refractivity contribution >= 4 is 5.91 Å². The molecule has 17 atom stereocenters. The van der Waals surface area contributed by atoms with Crippen LogP contribution in [-0.4, -0.2) is 193 Å². The highest BCUT2D eigenvalue weighted by Crippen LogP contribution is 2.33. The van der Waals surface area contributed by atoms with Crippen molar-refractivity contribution in [3.63, 3.8) is 0 Å². The van der Waals surface area contributed by atoms with Gasteiger partial charge in [0.25, 0.3) is 0 Å². The van der Waals surface area contributed by atoms with Crippen LogP contribution in [0.25, 0.3) is 0 Å². The van der Waals surface area contributed by atoms with Gasteiger partial charge in [0.15, 0.2) is 18.9 Å². The number of amides is 1. The summed E-state index contributed by atoms with van der Waals surface area (Å²) >= 11 is 0. The van der Waals surface area contributed by atoms with Crippen molar-refractivity contribution < 1.29 is 89.4 Å². The second kappa shape index (κ2) is 61.0. The van der Waals surface area contributed by atoms with Crippen molar-refractivity contribution in [2.24, 2.45) is 0 Å². The molecule has 1 amide bonds. The molecule has 12 N–H and O–H groups in total. The monoisotopic (exact) mass is 1410 g/mol. The Hall–Kier alpha value is -2.25. The Morgan fingerprint density at radius 2 is 0.677 bits per heavy atom. The van der Waals surface area contributed by atoms with Crippen molar-refractivity contribution in [2.45, 2.75) is 426 Å². The third-order valence-electron chi connectivity index (χ3n) is 20.1. The van der Waals surface area contributed by atoms with Crippen LogP contribution in [0.5, 0.6) is 0 Å². The molecule has 0 bridgehead atoms. The molecule has 17 unspecified atom stereocenters. The molecule has 580 valence electrons. The lowest BCUT2D eigenvalue weighted by Crippen LogP contribution is -2.66. The van der Waals surface area contributed by atoms with Gasteiger partial charge in [-0.3, -0.25) is 4.79 Å². The molecule has 0 saturated carbocycles. The molecule has 3 saturated heterocycles. The Morgan fingerprint density at radius 3 is 1.07 bits per heavy atom. The largest absolute Gasteiger partial charge is 0.394 e. The summed E-state index contributed by atoms with van der Waals surface area (Å²) in [5.41, 5.74) is 0. The Kier molecular flexibility index (Phi) is 56.0. The van der Waals surface area contributed by atoms with Crippen LogP contribution in [0.1, 0.15) is 322 Å². The number of carbonyl (C=O) groups is 1. The number of rotatable bonds is 64. The quantitative estimate of drug-likeness (QED) is 0.0199. The van der Waals surface area contributed by atoms with Gasteiger partial charge < -0.3 is 89.9 Å². The number of ether oxygens (including phenoxy) is 6. The maximum atomic E-state index is 13.4. The lowest BCUT2D eigenvalue weighted by atomic mass is 9.96. The number of aliphatic hydroxyl groups is 11. The lowest BCUT2D eigenvalue weighted by Gasteiger charge is -2.48. The van der Waals surface area contributed by atoms with Crippen LogP contribution in [-0.2, 0) is 33.2 Å². The van der Waals surface area contributed by atoms with Gasteiger partial charge in [-0.15, -0.1) is 0 Å². The number of hydrogen-bond donors (Lipinski definition) is 12. The van der Waals surface area contributed by atoms with Crippen molar-refractivity contribution in [3.05, 3.63) is 48.6 Å². The van der Waals surface area contributed by atoms with E-state index in [4.69, 9.17) is 28.4 Å². The van der Waals surface area contributed by atoms with Crippen LogP contribution in [0.15, 0.2) is 48.6 Å². The van der Waals surface area contributed by atoms with Gasteiger partial charge in [0.05, 0.1) is 38.6 Å². The van der Waals surface area contributed by atoms with Crippen molar-refractivity contribution in [2.75, 3.05) is 26.4 Å². The Morgan fingerprint density at radius 1 is 0.364 bits per heavy atom. The van der Waals surface area contributed by atoms with E-state index in [1.165, 1.54) is 244 Å². The zero-order valence-electron chi connectivity index (χ0n) is 62.0. The maximum Gasteiger partial charge on any atom is 0.220 e. The fourth-order valence-electron chi connectivity index (χ4n) is 13.6. The van der Waals surface area contributed by atoms with Crippen molar-refractivity contribution in [1.29, 1.82) is 0 Å². The van der Waals surface area contributed by atoms with Crippen molar-refractivity contribution in [3.8, 4) is 0 Å². The van der Waals surface area contributed by atoms with Gasteiger partial charge in [-0.1, -0.05) is 300 Å². The first-order valence-corrected chi connectivity index (χ1v) is 40.4. The van der Waals surface area contributed by atoms with Gasteiger partial charge >= 0.3 is 0 Å². The van der Waals surface area contributed by atoms with Crippen LogP contribution < -0.4 is 5.32 Å². The van der Waals surface area contributed by atoms with Crippen LogP contribution in [0, 0.1) is 0 Å². The SMILES string of the molecule is CCCCCCC/C=C\C/C=C\CCCCCCCCCCCCCCCCCCCCCCCCCCCCCC(=O)NC(COC1OC(CO)C(OC2OC(CO)C(OC3OC(CO)C(O)C(O)C3O)C(O)C2O)C(O)C1O)C(O)/C=C/CC/C=C/CCCCCCCCCCC. The minimum atomic E-state index is -1.98. The lowest BCUT2D eigenvalue weighted by molar-refractivity contribution is -0.379. The number of aliphatic hydroxyl groups excluding tert-OH is 11. The number of unbranched alkanes of at least 4 members (excludes halogenated alkanes) is 42. The van der Waals surface area contributed by atoms with Crippen LogP contribution >= 0.6 is 0 Å². The molecule has 3 rings (SSSR count). The van der Waals surface area contributed by atoms with E-state index in [1.807, 2.05) is 6.08 Å². The van der Waals surface area contributed by atoms with Crippen LogP contribution in [0.4, 0.5) is 0 Å². The summed E-state index contributed by atoms with van der Waals surface area (Å²) in [5, 5.41) is 121. The molecule has 0 aromatic carbocycles. The fraction of sp³-hybridized carbons (Fsp3) is 0.887. The first-order valence-electron chi connectivity index (χ1n) is 40.4. The van der Waals surface area contributed by atoms with Gasteiger partial charge in [-0.25, -0.2) is 0 Å². The normalized spacial score (nSPS) is 26.8. The minimum Gasteiger partial charge on any atom is -0.394 e. The molecule has 0 aromatic heterocycles. The highest BCUT2D eigenvalue weighted by Gasteiger charge is 2.54. The zero-order chi connectivity index (χ0) is 71.8. The van der Waals surface area contributed by atoms with E-state index < -0.39 is 124 Å². The van der Waals surface area contributed by atoms with Crippen LogP contribution in [0.3, 0.4) is 0 Å². The average molecular weight is 1410 g/mol. The summed E-state index contributed by atoms with van der Waals surface area (Å²) < 4.78 is 34.4. The summed E-state index contributed by atoms with van der Waals surface area (Å²) in [6, 6.07) is -0.989. The van der Waals surface area contributed by atoms with E-state index >= 15 is 0 Å². The minimum absolute atomic E-state index is 0.239. The molecule has 0 aromatic rings. The topological polar surface area (TPSA) is 307 Å². The molecule has 3 fully saturated rings. The molecule has 19 heteroatoms. The highest BCUT2D eigenvalue weighted by molar-refractivity contribution is 5.76. The standard InChI is InChI=1S/C80H147NO18/c1-3-5-7-9-11-13-15-17-19-20-21-22-23-24-25-26-27-28-29-30-31-32-33-34-35-36-37-38-39-40-41-42-44-46-48-50-52-54-56-58-68(86)81-63(64(85)57-55-53-51-49-47-45-43-18-16-14-12-10-8-6-4-2)62-94-78-74(92)71(89)76(66(60-83)96-78)99-80-75(93)72(90)77(67(61-84)97-80)98-79-73(91)70(88)69(87)65(59-82)95-79/h15,17,20-21,47,49,55,57,63-67,69-80,82-85,87-93H,3-14,16,18-19,22-46,48,50-54,56,58-62H2,1-2H3,(H,81,86)/b17-15-,21-20-,49-47+,57-55+. The predicted molar refractivity (Wildman–Crippen MR) is 392 cm³/mol. The summed E-state index contributed by atoms with van der Waals surface area (Å²) in [7, 11) is 0. The van der Waals surface area contributed by atoms with Gasteiger partial charge in [0.1, 0.15) is 73.2 Å². The van der Waals surface area contributed by atoms with E-state index in [0.29, 0.717) is 12.8 Å². The Balaban J connectivity index is 1.29. The molecule has 3 aliphatic rings. The van der Waals surface area contributed by atoms with Gasteiger partial charge in [-0.2, -0.15) is 0 Å². The van der Waals surface area contributed by atoms with E-state index in [0.717, 1.165) is 44.9 Å². The van der Waals surface area contributed by atoms with E-state index in [2.05, 4.69) is 55.6 Å². The van der Waals surface area contributed by atoms with Gasteiger partial charge in [-0.05, 0) is 64.2 Å². The zero-order valence-corrected chi connectivity index (χ0v) is 62.0. The number of allylic oxidation sites excluding steroid dienone is 7. The second-order valence-electron chi connectivity index (χ2n) is 28.9. The first kappa shape index (κ1) is 91.0. The fourth-order valence-corrected chi connectivity index (χ4v) is 13.6. The second-order valence-corrected chi connectivity index (χ2v) is 28.9. The van der Waals surface area contributed by atoms with Crippen LogP contribution in [0.2, 0.25) is 0 Å². The van der Waals surface area contributed by atoms with Gasteiger partial charge in [0.2, 0.25) is 5.91 Å². The summed E-state index contributed by atoms with van der Waals surface area (Å²) in [4.78, 5) is 13.4. The Labute approximate surface area is 599 Å². The van der Waals surface area contributed by atoms with E-state index in [-0.39, 0.29) is 18.9 Å². The maximum absolute atomic E-state index is 13.4. The highest BCUT2D eigenvalue weighted by atomic mass is 16.8. The molecule has 99 heavy (non-hydrogen) atoms. The Bertz CT molecular complexity index is 1980. The number of hydrogen-bond acceptors (Lipinski definition) is 18. The molecule has 0 radical (unpaired) electrons. The smallest absolute Gasteiger partial charge is 0.220 e. The molecular formula is C80H147NO18. The molecule has 3 heterocycles. The predicted octanol–water partition coefficient (Wildman–Crippen LogP) is 13.3. The summed E-state index contributed by atoms with van der Waals surface area (Å²) in [6.45, 7) is 1.73. The molecule has 0 spiro atoms. The number of carbonyl (C=O) groups excluding carboxylic acids is 1. The molecular weight excluding hydrogens is 1260 g/mol. The third kappa shape index (κ3) is 41.3. The molecule has 0 aliphatic carbocycles. The first-order chi connectivity index (χ1) is 48.3. The average Bonchev–Trinajstić information content (AvgIpc) is 0.784. The molecule has 3 aliphatic heterocycles. The number of nitrogens with one attached hydrogen (secondary N) is 1. The third-order valence-corrected chi connectivity index (χ3v) is 20.1. The summed E-state index contributed by atoms with van der Waals surface area (Å²) in [6.07, 6.45) is 49.9.